The van der Waals surface area contributed by atoms with Gasteiger partial charge in [-0.25, -0.2) is 19.2 Å². The molecule has 0 radical (unpaired) electrons. The van der Waals surface area contributed by atoms with Crippen LogP contribution in [0.3, 0.4) is 0 Å². The lowest BCUT2D eigenvalue weighted by Gasteiger charge is -2.19. The van der Waals surface area contributed by atoms with E-state index in [1.54, 1.807) is 0 Å². The van der Waals surface area contributed by atoms with Gasteiger partial charge in [-0.3, -0.25) is 0 Å². The normalized spacial score (nSPS) is 14.5. The van der Waals surface area contributed by atoms with Crippen molar-refractivity contribution in [3.8, 4) is 0 Å². The number of carboxylic acid groups (broad SMARTS) is 4. The Bertz CT molecular complexity index is 531. The summed E-state index contributed by atoms with van der Waals surface area (Å²) >= 11 is 0. The van der Waals surface area contributed by atoms with E-state index in [9.17, 15) is 19.2 Å². The number of aliphatic carboxylic acids is 4. The Hall–Kier alpha value is -3.16. The molecule has 0 saturated heterocycles. The van der Waals surface area contributed by atoms with Crippen LogP contribution in [0, 0.1) is 11.8 Å². The molecule has 2 atom stereocenters. The van der Waals surface area contributed by atoms with Crippen LogP contribution in [-0.2, 0) is 19.2 Å². The van der Waals surface area contributed by atoms with Crippen LogP contribution in [0.15, 0.2) is 48.6 Å². The van der Waals surface area contributed by atoms with E-state index in [1.165, 1.54) is 24.3 Å². The number of rotatable bonds is 11. The van der Waals surface area contributed by atoms with Gasteiger partial charge in [0.1, 0.15) is 0 Å². The molecular weight excluding hydrogens is 320 g/mol. The summed E-state index contributed by atoms with van der Waals surface area (Å²) in [6.07, 6.45) is 9.11. The van der Waals surface area contributed by atoms with Gasteiger partial charge in [-0.1, -0.05) is 24.3 Å². The summed E-state index contributed by atoms with van der Waals surface area (Å²) < 4.78 is 0. The van der Waals surface area contributed by atoms with Crippen molar-refractivity contribution in [2.75, 3.05) is 0 Å². The van der Waals surface area contributed by atoms with Gasteiger partial charge < -0.3 is 20.4 Å². The van der Waals surface area contributed by atoms with Gasteiger partial charge in [0.2, 0.25) is 0 Å². The van der Waals surface area contributed by atoms with E-state index in [2.05, 4.69) is 0 Å². The molecule has 0 aromatic carbocycles. The smallest absolute Gasteiger partial charge is 0.327 e. The lowest BCUT2D eigenvalue weighted by molar-refractivity contribution is -0.132. The fourth-order valence-corrected chi connectivity index (χ4v) is 1.86. The van der Waals surface area contributed by atoms with Crippen LogP contribution in [0.25, 0.3) is 0 Å². The van der Waals surface area contributed by atoms with Crippen LogP contribution in [0.5, 0.6) is 0 Å². The maximum Gasteiger partial charge on any atom is 0.327 e. The van der Waals surface area contributed by atoms with E-state index in [1.807, 2.05) is 0 Å². The molecule has 0 aliphatic rings. The van der Waals surface area contributed by atoms with Gasteiger partial charge in [-0.15, -0.1) is 0 Å². The molecular formula is C16H18O8. The molecule has 24 heavy (non-hydrogen) atoms. The summed E-state index contributed by atoms with van der Waals surface area (Å²) in [4.78, 5) is 42.4. The van der Waals surface area contributed by atoms with Gasteiger partial charge in [0.25, 0.3) is 0 Å². The number of hydrogen-bond donors (Lipinski definition) is 4. The highest BCUT2D eigenvalue weighted by atomic mass is 16.4. The van der Waals surface area contributed by atoms with Crippen molar-refractivity contribution in [1.29, 1.82) is 0 Å². The second-order valence-corrected chi connectivity index (χ2v) is 4.68. The van der Waals surface area contributed by atoms with E-state index >= 15 is 0 Å². The number of allylic oxidation sites excluding steroid dienone is 4. The highest BCUT2D eigenvalue weighted by Gasteiger charge is 2.16. The van der Waals surface area contributed by atoms with Gasteiger partial charge in [0, 0.05) is 24.3 Å². The minimum atomic E-state index is -1.20. The van der Waals surface area contributed by atoms with Crippen LogP contribution in [0.1, 0.15) is 12.8 Å². The van der Waals surface area contributed by atoms with Crippen molar-refractivity contribution < 1.29 is 39.6 Å². The zero-order valence-electron chi connectivity index (χ0n) is 12.6. The highest BCUT2D eigenvalue weighted by Crippen LogP contribution is 2.24. The lowest BCUT2D eigenvalue weighted by Crippen LogP contribution is -2.11. The van der Waals surface area contributed by atoms with Gasteiger partial charge >= 0.3 is 23.9 Å². The third-order valence-electron chi connectivity index (χ3n) is 2.86. The zero-order chi connectivity index (χ0) is 18.5. The molecule has 0 rings (SSSR count). The second-order valence-electron chi connectivity index (χ2n) is 4.68. The minimum absolute atomic E-state index is 0.144. The fraction of sp³-hybridized carbons (Fsp3) is 0.250. The van der Waals surface area contributed by atoms with Gasteiger partial charge in [-0.2, -0.15) is 0 Å². The van der Waals surface area contributed by atoms with Crippen molar-refractivity contribution in [3.05, 3.63) is 48.6 Å². The Morgan fingerprint density at radius 1 is 0.583 bits per heavy atom. The third kappa shape index (κ3) is 11.5. The molecule has 0 aromatic heterocycles. The molecule has 8 nitrogen and oxygen atoms in total. The van der Waals surface area contributed by atoms with Crippen LogP contribution in [0.4, 0.5) is 0 Å². The highest BCUT2D eigenvalue weighted by molar-refractivity contribution is 5.81. The quantitative estimate of drug-likeness (QED) is 0.415. The summed E-state index contributed by atoms with van der Waals surface area (Å²) in [5.41, 5.74) is 0. The molecule has 0 spiro atoms. The molecule has 0 aliphatic carbocycles. The predicted octanol–water partition coefficient (Wildman–Crippen LogP) is 1.56. The first-order valence-electron chi connectivity index (χ1n) is 6.83. The van der Waals surface area contributed by atoms with Crippen LogP contribution in [0.2, 0.25) is 0 Å². The first kappa shape index (κ1) is 20.8. The summed E-state index contributed by atoms with van der Waals surface area (Å²) in [6.45, 7) is 0. The SMILES string of the molecule is O=C(O)C=CCC(C=CC(=O)O)C(C=CC(=O)O)CC=CC(=O)O. The van der Waals surface area contributed by atoms with Gasteiger partial charge in [0.15, 0.2) is 0 Å². The molecule has 2 unspecified atom stereocenters. The van der Waals surface area contributed by atoms with Crippen molar-refractivity contribution >= 4 is 23.9 Å². The van der Waals surface area contributed by atoms with Crippen LogP contribution in [-0.4, -0.2) is 44.3 Å². The Labute approximate surface area is 137 Å². The predicted molar refractivity (Wildman–Crippen MR) is 83.3 cm³/mol. The number of carbonyl (C=O) groups is 4. The minimum Gasteiger partial charge on any atom is -0.478 e. The maximum absolute atomic E-state index is 10.7. The van der Waals surface area contributed by atoms with Crippen LogP contribution < -0.4 is 0 Å². The summed E-state index contributed by atoms with van der Waals surface area (Å²) in [5, 5.41) is 34.6. The fourth-order valence-electron chi connectivity index (χ4n) is 1.86. The van der Waals surface area contributed by atoms with Crippen molar-refractivity contribution in [3.63, 3.8) is 0 Å². The lowest BCUT2D eigenvalue weighted by atomic mass is 9.85. The first-order valence-corrected chi connectivity index (χ1v) is 6.83. The van der Waals surface area contributed by atoms with Gasteiger partial charge in [0.05, 0.1) is 0 Å². The van der Waals surface area contributed by atoms with Crippen molar-refractivity contribution in [1.82, 2.24) is 0 Å². The molecule has 0 heterocycles. The second kappa shape index (κ2) is 11.4. The maximum atomic E-state index is 10.7. The number of hydrogen-bond acceptors (Lipinski definition) is 4. The van der Waals surface area contributed by atoms with E-state index in [-0.39, 0.29) is 12.8 Å². The zero-order valence-corrected chi connectivity index (χ0v) is 12.6. The van der Waals surface area contributed by atoms with Crippen LogP contribution >= 0.6 is 0 Å². The molecule has 0 fully saturated rings. The molecule has 0 bridgehead atoms. The van der Waals surface area contributed by atoms with Gasteiger partial charge in [-0.05, 0) is 24.7 Å². The van der Waals surface area contributed by atoms with E-state index < -0.39 is 35.7 Å². The Morgan fingerprint density at radius 3 is 1.12 bits per heavy atom. The average molecular weight is 338 g/mol. The molecule has 130 valence electrons. The molecule has 0 amide bonds. The summed E-state index contributed by atoms with van der Waals surface area (Å²) in [7, 11) is 0. The third-order valence-corrected chi connectivity index (χ3v) is 2.86. The topological polar surface area (TPSA) is 149 Å². The Kier molecular flexibility index (Phi) is 9.91. The number of carboxylic acids is 4. The van der Waals surface area contributed by atoms with E-state index in [4.69, 9.17) is 20.4 Å². The summed E-state index contributed by atoms with van der Waals surface area (Å²) in [5.74, 6) is -5.79. The van der Waals surface area contributed by atoms with E-state index in [0.29, 0.717) is 0 Å². The molecule has 0 saturated carbocycles. The molecule has 0 aromatic rings. The Morgan fingerprint density at radius 2 is 0.875 bits per heavy atom. The van der Waals surface area contributed by atoms with Crippen molar-refractivity contribution in [2.45, 2.75) is 12.8 Å². The molecule has 0 aliphatic heterocycles. The summed E-state index contributed by atoms with van der Waals surface area (Å²) in [6, 6.07) is 0. The van der Waals surface area contributed by atoms with Crippen molar-refractivity contribution in [2.24, 2.45) is 11.8 Å². The standard InChI is InChI=1S/C16H18O8/c17-13(18)5-1-3-11(7-9-15(21)22)12(8-10-16(23)24)4-2-6-14(19)20/h1-2,5-12H,3-4H2,(H,17,18)(H,19,20)(H,21,22)(H,23,24). The Balaban J connectivity index is 5.39. The molecule has 8 heteroatoms. The van der Waals surface area contributed by atoms with E-state index in [0.717, 1.165) is 24.3 Å². The first-order chi connectivity index (χ1) is 11.2. The molecule has 4 N–H and O–H groups in total. The monoisotopic (exact) mass is 338 g/mol. The largest absolute Gasteiger partial charge is 0.478 e. The average Bonchev–Trinajstić information content (AvgIpc) is 2.45.